The van der Waals surface area contributed by atoms with Gasteiger partial charge < -0.3 is 9.30 Å². The fourth-order valence-corrected chi connectivity index (χ4v) is 2.81. The van der Waals surface area contributed by atoms with Gasteiger partial charge in [-0.3, -0.25) is 4.79 Å². The van der Waals surface area contributed by atoms with Crippen LogP contribution in [-0.4, -0.2) is 4.57 Å². The summed E-state index contributed by atoms with van der Waals surface area (Å²) in [4.78, 5) is 12.2. The highest BCUT2D eigenvalue weighted by atomic mass is 35.5. The fourth-order valence-electron chi connectivity index (χ4n) is 2.60. The van der Waals surface area contributed by atoms with Gasteiger partial charge in [0.05, 0.1) is 10.7 Å². The second-order valence-corrected chi connectivity index (χ2v) is 6.10. The minimum atomic E-state index is -0.453. The lowest BCUT2D eigenvalue weighted by molar-refractivity contribution is 0.291. The van der Waals surface area contributed by atoms with Crippen molar-refractivity contribution in [3.05, 3.63) is 98.7 Å². The predicted molar refractivity (Wildman–Crippen MR) is 96.7 cm³/mol. The second kappa shape index (κ2) is 7.53. The highest BCUT2D eigenvalue weighted by molar-refractivity contribution is 6.31. The van der Waals surface area contributed by atoms with Gasteiger partial charge in [0.2, 0.25) is 5.43 Å². The minimum absolute atomic E-state index is 0.100. The van der Waals surface area contributed by atoms with E-state index in [9.17, 15) is 9.18 Å². The van der Waals surface area contributed by atoms with Gasteiger partial charge in [-0.25, -0.2) is 4.39 Å². The lowest BCUT2D eigenvalue weighted by Crippen LogP contribution is -2.15. The van der Waals surface area contributed by atoms with Crippen LogP contribution >= 0.6 is 11.6 Å². The van der Waals surface area contributed by atoms with E-state index in [2.05, 4.69) is 0 Å². The molecule has 0 spiro atoms. The zero-order chi connectivity index (χ0) is 17.8. The SMILES string of the molecule is Cc1c(OCc2c(F)cccc2Cl)c(=O)ccn1Cc1ccccc1. The van der Waals surface area contributed by atoms with E-state index in [1.54, 1.807) is 12.3 Å². The van der Waals surface area contributed by atoms with Crippen LogP contribution in [0.5, 0.6) is 5.75 Å². The maximum absolute atomic E-state index is 13.9. The summed E-state index contributed by atoms with van der Waals surface area (Å²) in [6, 6.07) is 15.8. The normalized spacial score (nSPS) is 10.7. The van der Waals surface area contributed by atoms with Crippen molar-refractivity contribution in [1.82, 2.24) is 4.57 Å². The molecule has 0 saturated heterocycles. The number of aromatic nitrogens is 1. The first-order valence-electron chi connectivity index (χ1n) is 7.86. The number of nitrogens with zero attached hydrogens (tertiary/aromatic N) is 1. The number of ether oxygens (including phenoxy) is 1. The number of hydrogen-bond donors (Lipinski definition) is 0. The van der Waals surface area contributed by atoms with Crippen LogP contribution in [0.15, 0.2) is 65.6 Å². The molecule has 5 heteroatoms. The van der Waals surface area contributed by atoms with Gasteiger partial charge in [0.1, 0.15) is 12.4 Å². The summed E-state index contributed by atoms with van der Waals surface area (Å²) in [6.07, 6.45) is 1.73. The fraction of sp³-hybridized carbons (Fsp3) is 0.150. The van der Waals surface area contributed by atoms with Crippen molar-refractivity contribution in [2.45, 2.75) is 20.1 Å². The molecular formula is C20H17ClFNO2. The molecule has 0 aliphatic carbocycles. The highest BCUT2D eigenvalue weighted by Gasteiger charge is 2.12. The third-order valence-electron chi connectivity index (χ3n) is 4.01. The van der Waals surface area contributed by atoms with E-state index in [1.807, 2.05) is 41.8 Å². The largest absolute Gasteiger partial charge is 0.483 e. The standard InChI is InChI=1S/C20H17ClFNO2/c1-14-20(25-13-16-17(21)8-5-9-18(16)22)19(24)10-11-23(14)12-15-6-3-2-4-7-15/h2-11H,12-13H2,1H3. The Morgan fingerprint density at radius 1 is 1.08 bits per heavy atom. The third kappa shape index (κ3) is 3.91. The molecule has 1 heterocycles. The molecular weight excluding hydrogens is 341 g/mol. The number of benzene rings is 2. The molecule has 1 aromatic heterocycles. The average Bonchev–Trinajstić information content (AvgIpc) is 2.60. The monoisotopic (exact) mass is 357 g/mol. The summed E-state index contributed by atoms with van der Waals surface area (Å²) in [7, 11) is 0. The first-order chi connectivity index (χ1) is 12.1. The molecule has 0 aliphatic heterocycles. The summed E-state index contributed by atoms with van der Waals surface area (Å²) in [5.41, 5.74) is 1.79. The molecule has 3 rings (SSSR count). The average molecular weight is 358 g/mol. The van der Waals surface area contributed by atoms with E-state index in [-0.39, 0.29) is 28.4 Å². The van der Waals surface area contributed by atoms with Crippen LogP contribution in [0, 0.1) is 12.7 Å². The molecule has 0 amide bonds. The van der Waals surface area contributed by atoms with Gasteiger partial charge in [0.15, 0.2) is 5.75 Å². The summed E-state index contributed by atoms with van der Waals surface area (Å²) >= 11 is 6.01. The molecule has 0 N–H and O–H groups in total. The van der Waals surface area contributed by atoms with Crippen molar-refractivity contribution in [2.24, 2.45) is 0 Å². The molecule has 0 aliphatic rings. The van der Waals surface area contributed by atoms with Crippen molar-refractivity contribution in [1.29, 1.82) is 0 Å². The molecule has 0 atom stereocenters. The predicted octanol–water partition coefficient (Wildman–Crippen LogP) is 4.58. The van der Waals surface area contributed by atoms with E-state index in [0.717, 1.165) is 5.56 Å². The molecule has 3 nitrogen and oxygen atoms in total. The second-order valence-electron chi connectivity index (χ2n) is 5.70. The van der Waals surface area contributed by atoms with E-state index in [0.29, 0.717) is 12.2 Å². The maximum Gasteiger partial charge on any atom is 0.223 e. The van der Waals surface area contributed by atoms with Crippen LogP contribution in [0.4, 0.5) is 4.39 Å². The van der Waals surface area contributed by atoms with Crippen LogP contribution in [0.3, 0.4) is 0 Å². The molecule has 0 unspecified atom stereocenters. The molecule has 2 aromatic carbocycles. The summed E-state index contributed by atoms with van der Waals surface area (Å²) in [5, 5.41) is 0.276. The van der Waals surface area contributed by atoms with Gasteiger partial charge in [-0.2, -0.15) is 0 Å². The maximum atomic E-state index is 13.9. The van der Waals surface area contributed by atoms with Gasteiger partial charge >= 0.3 is 0 Å². The van der Waals surface area contributed by atoms with Crippen molar-refractivity contribution in [3.63, 3.8) is 0 Å². The van der Waals surface area contributed by atoms with Crippen LogP contribution in [0.25, 0.3) is 0 Å². The van der Waals surface area contributed by atoms with Crippen molar-refractivity contribution < 1.29 is 9.13 Å². The van der Waals surface area contributed by atoms with Crippen LogP contribution < -0.4 is 10.2 Å². The lowest BCUT2D eigenvalue weighted by Gasteiger charge is -2.15. The van der Waals surface area contributed by atoms with Crippen molar-refractivity contribution in [2.75, 3.05) is 0 Å². The smallest absolute Gasteiger partial charge is 0.223 e. The van der Waals surface area contributed by atoms with E-state index in [4.69, 9.17) is 16.3 Å². The molecule has 128 valence electrons. The minimum Gasteiger partial charge on any atom is -0.483 e. The lowest BCUT2D eigenvalue weighted by atomic mass is 10.2. The molecule has 0 saturated carbocycles. The zero-order valence-corrected chi connectivity index (χ0v) is 14.5. The van der Waals surface area contributed by atoms with Crippen LogP contribution in [-0.2, 0) is 13.2 Å². The Hall–Kier alpha value is -2.59. The Morgan fingerprint density at radius 2 is 1.84 bits per heavy atom. The van der Waals surface area contributed by atoms with E-state index in [1.165, 1.54) is 18.2 Å². The van der Waals surface area contributed by atoms with Gasteiger partial charge in [-0.05, 0) is 24.6 Å². The van der Waals surface area contributed by atoms with Crippen molar-refractivity contribution in [3.8, 4) is 5.75 Å². The topological polar surface area (TPSA) is 31.2 Å². The third-order valence-corrected chi connectivity index (χ3v) is 4.36. The Labute approximate surface area is 150 Å². The zero-order valence-electron chi connectivity index (χ0n) is 13.7. The Morgan fingerprint density at radius 3 is 2.56 bits per heavy atom. The summed E-state index contributed by atoms with van der Waals surface area (Å²) in [5.74, 6) is -0.247. The van der Waals surface area contributed by atoms with Gasteiger partial charge in [0, 0.05) is 24.4 Å². The van der Waals surface area contributed by atoms with Crippen LogP contribution in [0.2, 0.25) is 5.02 Å². The van der Waals surface area contributed by atoms with Crippen molar-refractivity contribution >= 4 is 11.6 Å². The summed E-state index contributed by atoms with van der Waals surface area (Å²) < 4.78 is 21.4. The number of rotatable bonds is 5. The molecule has 0 radical (unpaired) electrons. The first kappa shape index (κ1) is 17.2. The highest BCUT2D eigenvalue weighted by Crippen LogP contribution is 2.22. The number of pyridine rings is 1. The Balaban J connectivity index is 1.86. The number of hydrogen-bond acceptors (Lipinski definition) is 2. The molecule has 25 heavy (non-hydrogen) atoms. The van der Waals surface area contributed by atoms with Gasteiger partial charge in [-0.15, -0.1) is 0 Å². The van der Waals surface area contributed by atoms with Crippen LogP contribution in [0.1, 0.15) is 16.8 Å². The van der Waals surface area contributed by atoms with E-state index < -0.39 is 5.82 Å². The number of halogens is 2. The first-order valence-corrected chi connectivity index (χ1v) is 8.23. The quantitative estimate of drug-likeness (QED) is 0.669. The molecule has 0 fully saturated rings. The summed E-state index contributed by atoms with van der Waals surface area (Å²) in [6.45, 7) is 2.32. The van der Waals surface area contributed by atoms with Gasteiger partial charge in [-0.1, -0.05) is 48.0 Å². The van der Waals surface area contributed by atoms with Gasteiger partial charge in [0.25, 0.3) is 0 Å². The Kier molecular flexibility index (Phi) is 5.19. The van der Waals surface area contributed by atoms with E-state index >= 15 is 0 Å². The molecule has 3 aromatic rings. The molecule has 0 bridgehead atoms. The Bertz CT molecular complexity index is 918.